The van der Waals surface area contributed by atoms with Crippen LogP contribution < -0.4 is 4.74 Å². The first-order chi connectivity index (χ1) is 10.7. The highest BCUT2D eigenvalue weighted by Crippen LogP contribution is 2.14. The molecule has 4 nitrogen and oxygen atoms in total. The molecule has 22 heavy (non-hydrogen) atoms. The van der Waals surface area contributed by atoms with E-state index in [1.807, 2.05) is 12.1 Å². The zero-order valence-electron chi connectivity index (χ0n) is 14.0. The average molecular weight is 306 g/mol. The van der Waals surface area contributed by atoms with E-state index in [1.54, 1.807) is 0 Å². The third kappa shape index (κ3) is 5.59. The lowest BCUT2D eigenvalue weighted by Crippen LogP contribution is -2.49. The summed E-state index contributed by atoms with van der Waals surface area (Å²) in [7, 11) is 0. The summed E-state index contributed by atoms with van der Waals surface area (Å²) >= 11 is 0. The molecule has 2 rings (SSSR count). The summed E-state index contributed by atoms with van der Waals surface area (Å²) < 4.78 is 5.70. The maximum absolute atomic E-state index is 10.1. The molecule has 0 saturated carbocycles. The van der Waals surface area contributed by atoms with Gasteiger partial charge in [0.15, 0.2) is 0 Å². The number of aliphatic hydroxyl groups excluding tert-OH is 1. The molecule has 0 spiro atoms. The van der Waals surface area contributed by atoms with Gasteiger partial charge in [-0.15, -0.1) is 0 Å². The Hall–Kier alpha value is -1.10. The molecule has 0 radical (unpaired) electrons. The molecule has 1 aliphatic rings. The number of likely N-dealkylation sites (N-methyl/N-ethyl adjacent to an activating group) is 1. The highest BCUT2D eigenvalue weighted by molar-refractivity contribution is 5.27. The van der Waals surface area contributed by atoms with Crippen molar-refractivity contribution in [2.45, 2.75) is 32.8 Å². The van der Waals surface area contributed by atoms with Crippen molar-refractivity contribution in [2.75, 3.05) is 45.9 Å². The van der Waals surface area contributed by atoms with Gasteiger partial charge in [0.05, 0.1) is 0 Å². The van der Waals surface area contributed by atoms with Gasteiger partial charge in [0.1, 0.15) is 18.5 Å². The predicted molar refractivity (Wildman–Crippen MR) is 90.5 cm³/mol. The molecule has 1 atom stereocenters. The number of nitrogens with zero attached hydrogens (tertiary/aromatic N) is 2. The van der Waals surface area contributed by atoms with Crippen LogP contribution in [0.25, 0.3) is 0 Å². The van der Waals surface area contributed by atoms with E-state index in [4.69, 9.17) is 4.74 Å². The van der Waals surface area contributed by atoms with E-state index >= 15 is 0 Å². The second-order valence-corrected chi connectivity index (χ2v) is 6.09. The zero-order chi connectivity index (χ0) is 15.8. The third-order valence-electron chi connectivity index (χ3n) is 4.29. The smallest absolute Gasteiger partial charge is 0.119 e. The van der Waals surface area contributed by atoms with Crippen molar-refractivity contribution in [1.82, 2.24) is 9.80 Å². The molecule has 0 aliphatic carbocycles. The molecule has 1 N–H and O–H groups in total. The molecule has 0 amide bonds. The highest BCUT2D eigenvalue weighted by atomic mass is 16.5. The maximum Gasteiger partial charge on any atom is 0.119 e. The number of benzene rings is 1. The van der Waals surface area contributed by atoms with E-state index in [-0.39, 0.29) is 0 Å². The fourth-order valence-electron chi connectivity index (χ4n) is 2.87. The number of rotatable bonds is 8. The van der Waals surface area contributed by atoms with Crippen molar-refractivity contribution < 1.29 is 9.84 Å². The van der Waals surface area contributed by atoms with Gasteiger partial charge < -0.3 is 14.7 Å². The molecular formula is C18H30N2O2. The van der Waals surface area contributed by atoms with E-state index in [0.29, 0.717) is 13.2 Å². The molecule has 1 aromatic carbocycles. The highest BCUT2D eigenvalue weighted by Gasteiger charge is 2.18. The van der Waals surface area contributed by atoms with Gasteiger partial charge in [-0.1, -0.05) is 32.4 Å². The Labute approximate surface area is 134 Å². The Kier molecular flexibility index (Phi) is 7.16. The van der Waals surface area contributed by atoms with Crippen LogP contribution in [0.5, 0.6) is 5.75 Å². The fraction of sp³-hybridized carbons (Fsp3) is 0.667. The number of aryl methyl sites for hydroxylation is 1. The van der Waals surface area contributed by atoms with Crippen LogP contribution in [0.4, 0.5) is 0 Å². The molecule has 124 valence electrons. The van der Waals surface area contributed by atoms with Gasteiger partial charge in [0, 0.05) is 32.7 Å². The number of hydrogen-bond acceptors (Lipinski definition) is 4. The van der Waals surface area contributed by atoms with Crippen LogP contribution >= 0.6 is 0 Å². The Morgan fingerprint density at radius 1 is 1.05 bits per heavy atom. The van der Waals surface area contributed by atoms with Gasteiger partial charge in [-0.25, -0.2) is 0 Å². The van der Waals surface area contributed by atoms with E-state index in [9.17, 15) is 5.11 Å². The van der Waals surface area contributed by atoms with E-state index in [1.165, 1.54) is 5.56 Å². The molecule has 1 aliphatic heterocycles. The SMILES string of the molecule is CCCc1ccc(OCC(O)CN2CCN(CC)CC2)cc1. The van der Waals surface area contributed by atoms with Crippen molar-refractivity contribution in [3.63, 3.8) is 0 Å². The predicted octanol–water partition coefficient (Wildman–Crippen LogP) is 2.02. The first kappa shape index (κ1) is 17.3. The van der Waals surface area contributed by atoms with Crippen molar-refractivity contribution in [1.29, 1.82) is 0 Å². The van der Waals surface area contributed by atoms with Crippen molar-refractivity contribution in [3.8, 4) is 5.75 Å². The fourth-order valence-corrected chi connectivity index (χ4v) is 2.87. The zero-order valence-corrected chi connectivity index (χ0v) is 14.0. The summed E-state index contributed by atoms with van der Waals surface area (Å²) in [6.45, 7) is 10.8. The molecule has 0 bridgehead atoms. The molecule has 1 fully saturated rings. The minimum Gasteiger partial charge on any atom is -0.491 e. The first-order valence-corrected chi connectivity index (χ1v) is 8.55. The lowest BCUT2D eigenvalue weighted by atomic mass is 10.1. The van der Waals surface area contributed by atoms with E-state index in [2.05, 4.69) is 35.8 Å². The standard InChI is InChI=1S/C18H30N2O2/c1-3-5-16-6-8-18(9-7-16)22-15-17(21)14-20-12-10-19(4-2)11-13-20/h6-9,17,21H,3-5,10-15H2,1-2H3. The number of hydrogen-bond donors (Lipinski definition) is 1. The Bertz CT molecular complexity index is 414. The van der Waals surface area contributed by atoms with Gasteiger partial charge >= 0.3 is 0 Å². The van der Waals surface area contributed by atoms with Crippen LogP contribution in [0.2, 0.25) is 0 Å². The molecule has 4 heteroatoms. The van der Waals surface area contributed by atoms with Gasteiger partial charge in [-0.2, -0.15) is 0 Å². The van der Waals surface area contributed by atoms with Gasteiger partial charge in [-0.3, -0.25) is 4.90 Å². The number of piperazine rings is 1. The van der Waals surface area contributed by atoms with E-state index in [0.717, 1.165) is 51.3 Å². The summed E-state index contributed by atoms with van der Waals surface area (Å²) in [6, 6.07) is 8.21. The summed E-state index contributed by atoms with van der Waals surface area (Å²) in [6.07, 6.45) is 1.83. The number of ether oxygens (including phenoxy) is 1. The molecule has 1 unspecified atom stereocenters. The second kappa shape index (κ2) is 9.13. The lowest BCUT2D eigenvalue weighted by molar-refractivity contribution is 0.0471. The van der Waals surface area contributed by atoms with Crippen LogP contribution in [0.3, 0.4) is 0 Å². The molecule has 1 saturated heterocycles. The van der Waals surface area contributed by atoms with Crippen LogP contribution in [0, 0.1) is 0 Å². The maximum atomic E-state index is 10.1. The summed E-state index contributed by atoms with van der Waals surface area (Å²) in [5, 5.41) is 10.1. The second-order valence-electron chi connectivity index (χ2n) is 6.09. The van der Waals surface area contributed by atoms with Gasteiger partial charge in [0.2, 0.25) is 0 Å². The Morgan fingerprint density at radius 3 is 2.27 bits per heavy atom. The van der Waals surface area contributed by atoms with Crippen LogP contribution in [-0.4, -0.2) is 66.9 Å². The molecule has 0 aromatic heterocycles. The van der Waals surface area contributed by atoms with Crippen LogP contribution in [-0.2, 0) is 6.42 Å². The summed E-state index contributed by atoms with van der Waals surface area (Å²) in [5.41, 5.74) is 1.34. The third-order valence-corrected chi connectivity index (χ3v) is 4.29. The topological polar surface area (TPSA) is 35.9 Å². The van der Waals surface area contributed by atoms with E-state index < -0.39 is 6.10 Å². The number of aliphatic hydroxyl groups is 1. The van der Waals surface area contributed by atoms with Crippen molar-refractivity contribution >= 4 is 0 Å². The summed E-state index contributed by atoms with van der Waals surface area (Å²) in [4.78, 5) is 4.77. The largest absolute Gasteiger partial charge is 0.491 e. The van der Waals surface area contributed by atoms with Crippen LogP contribution in [0.1, 0.15) is 25.8 Å². The van der Waals surface area contributed by atoms with Crippen molar-refractivity contribution in [3.05, 3.63) is 29.8 Å². The molecular weight excluding hydrogens is 276 g/mol. The summed E-state index contributed by atoms with van der Waals surface area (Å²) in [5.74, 6) is 0.842. The number of β-amino-alcohol motifs (C(OH)–C–C–N with tert-alkyl or cyclic N) is 1. The minimum absolute atomic E-state index is 0.362. The first-order valence-electron chi connectivity index (χ1n) is 8.55. The molecule has 1 heterocycles. The van der Waals surface area contributed by atoms with Crippen LogP contribution in [0.15, 0.2) is 24.3 Å². The Morgan fingerprint density at radius 2 is 1.68 bits per heavy atom. The monoisotopic (exact) mass is 306 g/mol. The lowest BCUT2D eigenvalue weighted by Gasteiger charge is -2.34. The normalized spacial score (nSPS) is 18.3. The molecule has 1 aromatic rings. The van der Waals surface area contributed by atoms with Crippen molar-refractivity contribution in [2.24, 2.45) is 0 Å². The quantitative estimate of drug-likeness (QED) is 0.797. The Balaban J connectivity index is 1.68. The van der Waals surface area contributed by atoms with Gasteiger partial charge in [-0.05, 0) is 30.7 Å². The average Bonchev–Trinajstić information content (AvgIpc) is 2.55. The van der Waals surface area contributed by atoms with Gasteiger partial charge in [0.25, 0.3) is 0 Å². The minimum atomic E-state index is -0.427.